The molecule has 1 atom stereocenters. The monoisotopic (exact) mass is 649 g/mol. The van der Waals surface area contributed by atoms with Gasteiger partial charge in [0.25, 0.3) is 0 Å². The van der Waals surface area contributed by atoms with Crippen LogP contribution in [0.4, 0.5) is 4.79 Å². The molecule has 1 amide bonds. The maximum Gasteiger partial charge on any atom is 0.410 e. The quantitative estimate of drug-likeness (QED) is 0.236. The van der Waals surface area contributed by atoms with Gasteiger partial charge in [0, 0.05) is 31.8 Å². The highest BCUT2D eigenvalue weighted by Gasteiger charge is 2.32. The van der Waals surface area contributed by atoms with Crippen molar-refractivity contribution in [1.82, 2.24) is 9.80 Å². The summed E-state index contributed by atoms with van der Waals surface area (Å²) in [4.78, 5) is 18.9. The van der Waals surface area contributed by atoms with E-state index in [2.05, 4.69) is 77.7 Å². The molecule has 0 spiro atoms. The zero-order chi connectivity index (χ0) is 31.0. The molecule has 7 heteroatoms. The summed E-state index contributed by atoms with van der Waals surface area (Å²) in [6.07, 6.45) is 12.3. The second kappa shape index (κ2) is 19.3. The van der Waals surface area contributed by atoms with Crippen LogP contribution in [-0.4, -0.2) is 60.4 Å². The number of amides is 1. The summed E-state index contributed by atoms with van der Waals surface area (Å²) < 4.78 is 5.56. The molecule has 2 heterocycles. The minimum absolute atomic E-state index is 0.152. The topological polar surface area (TPSA) is 56.6 Å². The summed E-state index contributed by atoms with van der Waals surface area (Å²) in [6, 6.07) is 6.81. The van der Waals surface area contributed by atoms with E-state index >= 15 is 0 Å². The van der Waals surface area contributed by atoms with Crippen LogP contribution < -0.4 is 0 Å². The Bertz CT molecular complexity index is 1000. The molecular formula is C34H53BrClN3O2. The van der Waals surface area contributed by atoms with Gasteiger partial charge in [-0.15, -0.1) is 0 Å². The van der Waals surface area contributed by atoms with Gasteiger partial charge in [0.05, 0.1) is 5.03 Å². The first-order chi connectivity index (χ1) is 19.5. The number of carbonyl (C=O) groups is 1. The molecule has 0 saturated carbocycles. The van der Waals surface area contributed by atoms with Crippen molar-refractivity contribution in [3.63, 3.8) is 0 Å². The van der Waals surface area contributed by atoms with E-state index in [4.69, 9.17) is 21.7 Å². The number of likely N-dealkylation sites (tertiary alicyclic amines) is 2. The molecule has 1 unspecified atom stereocenters. The second-order valence-corrected chi connectivity index (χ2v) is 12.6. The number of hydrogen-bond donors (Lipinski definition) is 1. The lowest BCUT2D eigenvalue weighted by Crippen LogP contribution is -2.44. The number of allylic oxidation sites excluding steroid dienone is 2. The van der Waals surface area contributed by atoms with Gasteiger partial charge >= 0.3 is 6.09 Å². The first-order valence-corrected chi connectivity index (χ1v) is 16.3. The van der Waals surface area contributed by atoms with Crippen LogP contribution in [0.1, 0.15) is 89.8 Å². The molecule has 5 nitrogen and oxygen atoms in total. The van der Waals surface area contributed by atoms with E-state index in [0.29, 0.717) is 5.92 Å². The minimum atomic E-state index is -0.421. The number of carbonyl (C=O) groups excluding carboxylic acids is 1. The molecule has 0 bridgehead atoms. The molecule has 0 aromatic heterocycles. The van der Waals surface area contributed by atoms with E-state index in [1.165, 1.54) is 42.6 Å². The number of aryl methyl sites for hydroxylation is 1. The predicted octanol–water partition coefficient (Wildman–Crippen LogP) is 9.79. The highest BCUT2D eigenvalue weighted by Crippen LogP contribution is 2.34. The van der Waals surface area contributed by atoms with Crippen molar-refractivity contribution in [1.29, 1.82) is 5.41 Å². The lowest BCUT2D eigenvalue weighted by molar-refractivity contribution is 0.0135. The summed E-state index contributed by atoms with van der Waals surface area (Å²) in [5, 5.41) is 6.57. The third-order valence-electron chi connectivity index (χ3n) is 7.41. The van der Waals surface area contributed by atoms with Crippen LogP contribution in [0.25, 0.3) is 6.08 Å². The van der Waals surface area contributed by atoms with Crippen molar-refractivity contribution in [2.24, 2.45) is 11.8 Å². The third-order valence-corrected chi connectivity index (χ3v) is 7.78. The van der Waals surface area contributed by atoms with E-state index in [-0.39, 0.29) is 11.1 Å². The number of nitrogens with one attached hydrogen (secondary N) is 1. The molecule has 2 aliphatic rings. The SMILES string of the molecule is C/C=C/C(CN1CCC(C2CCN(C(=O)OC(C)(C)C)CC2)CC1)c1ccc(C)cc1/C=C/Br.C=C(Cl)C=N.CC. The van der Waals surface area contributed by atoms with Crippen molar-refractivity contribution >= 4 is 45.9 Å². The lowest BCUT2D eigenvalue weighted by Gasteiger charge is -2.41. The van der Waals surface area contributed by atoms with Gasteiger partial charge in [-0.2, -0.15) is 0 Å². The summed E-state index contributed by atoms with van der Waals surface area (Å²) >= 11 is 8.49. The number of hydrogen-bond acceptors (Lipinski definition) is 4. The van der Waals surface area contributed by atoms with Gasteiger partial charge < -0.3 is 19.9 Å². The number of rotatable bonds is 7. The number of ether oxygens (including phenoxy) is 1. The molecule has 3 rings (SSSR count). The fourth-order valence-corrected chi connectivity index (χ4v) is 5.79. The van der Waals surface area contributed by atoms with Crippen LogP contribution in [0, 0.1) is 24.2 Å². The molecule has 230 valence electrons. The first-order valence-electron chi connectivity index (χ1n) is 15.0. The average Bonchev–Trinajstić information content (AvgIpc) is 2.94. The first kappa shape index (κ1) is 37.1. The molecule has 1 aromatic rings. The molecule has 1 N–H and O–H groups in total. The summed E-state index contributed by atoms with van der Waals surface area (Å²) in [7, 11) is 0. The van der Waals surface area contributed by atoms with Gasteiger partial charge in [0.1, 0.15) is 5.60 Å². The van der Waals surface area contributed by atoms with Crippen molar-refractivity contribution in [3.05, 3.63) is 63.6 Å². The highest BCUT2D eigenvalue weighted by molar-refractivity contribution is 9.11. The maximum absolute atomic E-state index is 12.4. The molecule has 41 heavy (non-hydrogen) atoms. The highest BCUT2D eigenvalue weighted by atomic mass is 79.9. The van der Waals surface area contributed by atoms with E-state index in [1.54, 1.807) is 0 Å². The number of nitrogens with zero attached hydrogens (tertiary/aromatic N) is 2. The number of benzene rings is 1. The second-order valence-electron chi connectivity index (χ2n) is 11.6. The van der Waals surface area contributed by atoms with Crippen LogP contribution in [0.2, 0.25) is 0 Å². The summed E-state index contributed by atoms with van der Waals surface area (Å²) in [5.74, 6) is 1.92. The van der Waals surface area contributed by atoms with Crippen molar-refractivity contribution in [2.45, 2.75) is 85.7 Å². The Hall–Kier alpha value is -1.89. The Balaban J connectivity index is 0.00000108. The minimum Gasteiger partial charge on any atom is -0.444 e. The summed E-state index contributed by atoms with van der Waals surface area (Å²) in [6.45, 7) is 22.3. The van der Waals surface area contributed by atoms with E-state index < -0.39 is 5.60 Å². The van der Waals surface area contributed by atoms with E-state index in [0.717, 1.165) is 50.5 Å². The van der Waals surface area contributed by atoms with Gasteiger partial charge in [0.2, 0.25) is 0 Å². The Morgan fingerprint density at radius 3 is 2.15 bits per heavy atom. The molecule has 0 aliphatic carbocycles. The fourth-order valence-electron chi connectivity index (χ4n) is 5.50. The van der Waals surface area contributed by atoms with Gasteiger partial charge in [-0.3, -0.25) is 0 Å². The van der Waals surface area contributed by atoms with Gasteiger partial charge in [-0.05, 0) is 107 Å². The Labute approximate surface area is 263 Å². The number of piperidine rings is 2. The molecule has 2 saturated heterocycles. The molecule has 2 aliphatic heterocycles. The van der Waals surface area contributed by atoms with Crippen LogP contribution >= 0.6 is 27.5 Å². The smallest absolute Gasteiger partial charge is 0.410 e. The zero-order valence-corrected chi connectivity index (χ0v) is 28.7. The zero-order valence-electron chi connectivity index (χ0n) is 26.4. The Kier molecular flexibility index (Phi) is 17.5. The molecule has 2 fully saturated rings. The van der Waals surface area contributed by atoms with Crippen LogP contribution in [-0.2, 0) is 4.74 Å². The van der Waals surface area contributed by atoms with Crippen LogP contribution in [0.15, 0.2) is 46.9 Å². The van der Waals surface area contributed by atoms with Crippen molar-refractivity contribution in [3.8, 4) is 0 Å². The van der Waals surface area contributed by atoms with Crippen molar-refractivity contribution in [2.75, 3.05) is 32.7 Å². The lowest BCUT2D eigenvalue weighted by atomic mass is 9.78. The molecule has 1 aromatic carbocycles. The Morgan fingerprint density at radius 2 is 1.68 bits per heavy atom. The maximum atomic E-state index is 12.4. The average molecular weight is 651 g/mol. The van der Waals surface area contributed by atoms with Gasteiger partial charge in [-0.1, -0.05) is 83.9 Å². The third kappa shape index (κ3) is 13.8. The molecular weight excluding hydrogens is 598 g/mol. The largest absolute Gasteiger partial charge is 0.444 e. The van der Waals surface area contributed by atoms with Crippen LogP contribution in [0.5, 0.6) is 0 Å². The Morgan fingerprint density at radius 1 is 1.15 bits per heavy atom. The van der Waals surface area contributed by atoms with Gasteiger partial charge in [-0.25, -0.2) is 4.79 Å². The standard InChI is InChI=1S/C29H43BrN2O2.C3H4ClN.C2H6/c1-6-7-26(27-9-8-22(2)20-25(27)10-15-30)21-31-16-11-23(12-17-31)24-13-18-32(19-14-24)28(33)34-29(3,4)5;1-3(4)2-5;1-2/h6-10,15,20,23-24,26H,11-14,16-19,21H2,1-5H3;2,5H,1H2;1-2H3/b7-6+,15-10+;;. The number of halogens is 2. The summed E-state index contributed by atoms with van der Waals surface area (Å²) in [5.41, 5.74) is 3.57. The van der Waals surface area contributed by atoms with E-state index in [1.807, 2.05) is 44.5 Å². The normalized spacial score (nSPS) is 17.8. The van der Waals surface area contributed by atoms with Crippen LogP contribution in [0.3, 0.4) is 0 Å². The fraction of sp³-hybridized carbons (Fsp3) is 0.588. The predicted molar refractivity (Wildman–Crippen MR) is 182 cm³/mol. The van der Waals surface area contributed by atoms with Crippen molar-refractivity contribution < 1.29 is 9.53 Å². The van der Waals surface area contributed by atoms with Gasteiger partial charge in [0.15, 0.2) is 0 Å². The molecule has 0 radical (unpaired) electrons. The van der Waals surface area contributed by atoms with E-state index in [9.17, 15) is 4.79 Å².